The SMILES string of the molecule is NC1c2ccccc2CCC1C(=O)NCC(=O)N1CCN(c2ccccc2CN2CCCC2=O)CC1. The second-order valence-electron chi connectivity index (χ2n) is 10.0. The van der Waals surface area contributed by atoms with Gasteiger partial charge in [-0.1, -0.05) is 42.5 Å². The Morgan fingerprint density at radius 1 is 0.944 bits per heavy atom. The first-order valence-electron chi connectivity index (χ1n) is 13.0. The van der Waals surface area contributed by atoms with Crippen LogP contribution in [0.3, 0.4) is 0 Å². The second kappa shape index (κ2) is 10.7. The molecule has 8 heteroatoms. The molecule has 2 saturated heterocycles. The Balaban J connectivity index is 1.12. The number of carbonyl (C=O) groups excluding carboxylic acids is 3. The summed E-state index contributed by atoms with van der Waals surface area (Å²) < 4.78 is 0. The molecule has 0 saturated carbocycles. The van der Waals surface area contributed by atoms with Crippen LogP contribution in [-0.2, 0) is 27.3 Å². The highest BCUT2D eigenvalue weighted by molar-refractivity contribution is 5.86. The number of carbonyl (C=O) groups is 3. The molecule has 2 aliphatic heterocycles. The molecule has 3 aliphatic rings. The molecule has 5 rings (SSSR count). The van der Waals surface area contributed by atoms with E-state index in [-0.39, 0.29) is 36.2 Å². The highest BCUT2D eigenvalue weighted by atomic mass is 16.2. The van der Waals surface area contributed by atoms with Gasteiger partial charge >= 0.3 is 0 Å². The summed E-state index contributed by atoms with van der Waals surface area (Å²) in [5.74, 6) is -0.303. The van der Waals surface area contributed by atoms with Crippen molar-refractivity contribution in [2.75, 3.05) is 44.2 Å². The number of rotatable bonds is 6. The lowest BCUT2D eigenvalue weighted by atomic mass is 9.79. The molecule has 1 aliphatic carbocycles. The van der Waals surface area contributed by atoms with Crippen LogP contribution in [0.1, 0.15) is 42.0 Å². The van der Waals surface area contributed by atoms with Gasteiger partial charge in [0.2, 0.25) is 17.7 Å². The minimum Gasteiger partial charge on any atom is -0.368 e. The van der Waals surface area contributed by atoms with Crippen LogP contribution in [0, 0.1) is 5.92 Å². The summed E-state index contributed by atoms with van der Waals surface area (Å²) in [5.41, 5.74) is 10.9. The molecule has 8 nitrogen and oxygen atoms in total. The van der Waals surface area contributed by atoms with E-state index in [4.69, 9.17) is 5.73 Å². The van der Waals surface area contributed by atoms with Crippen LogP contribution in [0.5, 0.6) is 0 Å². The van der Waals surface area contributed by atoms with E-state index in [1.54, 1.807) is 0 Å². The topological polar surface area (TPSA) is 99.0 Å². The van der Waals surface area contributed by atoms with E-state index in [2.05, 4.69) is 28.4 Å². The van der Waals surface area contributed by atoms with E-state index in [0.29, 0.717) is 32.5 Å². The summed E-state index contributed by atoms with van der Waals surface area (Å²) in [6.07, 6.45) is 3.09. The molecular formula is C28H35N5O3. The highest BCUT2D eigenvalue weighted by Crippen LogP contribution is 2.32. The Kier molecular flexibility index (Phi) is 7.23. The average Bonchev–Trinajstić information content (AvgIpc) is 3.32. The summed E-state index contributed by atoms with van der Waals surface area (Å²) in [6.45, 7) is 4.08. The number of nitrogens with two attached hydrogens (primary N) is 1. The molecule has 3 amide bonds. The first-order valence-corrected chi connectivity index (χ1v) is 13.0. The zero-order valence-corrected chi connectivity index (χ0v) is 20.7. The maximum atomic E-state index is 12.9. The van der Waals surface area contributed by atoms with Crippen LogP contribution in [0.2, 0.25) is 0 Å². The fraction of sp³-hybridized carbons (Fsp3) is 0.464. The van der Waals surface area contributed by atoms with Gasteiger partial charge in [0.1, 0.15) is 0 Å². The van der Waals surface area contributed by atoms with Gasteiger partial charge in [0.05, 0.1) is 12.5 Å². The van der Waals surface area contributed by atoms with E-state index >= 15 is 0 Å². The highest BCUT2D eigenvalue weighted by Gasteiger charge is 2.32. The van der Waals surface area contributed by atoms with Crippen LogP contribution < -0.4 is 16.0 Å². The number of likely N-dealkylation sites (tertiary alicyclic amines) is 1. The smallest absolute Gasteiger partial charge is 0.242 e. The van der Waals surface area contributed by atoms with Gasteiger partial charge in [-0.2, -0.15) is 0 Å². The zero-order chi connectivity index (χ0) is 25.1. The summed E-state index contributed by atoms with van der Waals surface area (Å²) >= 11 is 0. The van der Waals surface area contributed by atoms with E-state index in [0.717, 1.165) is 49.3 Å². The third-order valence-corrected chi connectivity index (χ3v) is 7.82. The number of piperazine rings is 1. The van der Waals surface area contributed by atoms with Gasteiger partial charge < -0.3 is 25.8 Å². The third-order valence-electron chi connectivity index (χ3n) is 7.82. The molecule has 0 spiro atoms. The van der Waals surface area contributed by atoms with Crippen molar-refractivity contribution in [2.24, 2.45) is 11.7 Å². The molecule has 0 radical (unpaired) electrons. The minimum absolute atomic E-state index is 0.00262. The first-order chi connectivity index (χ1) is 17.5. The fourth-order valence-corrected chi connectivity index (χ4v) is 5.72. The summed E-state index contributed by atoms with van der Waals surface area (Å²) in [6, 6.07) is 15.9. The number of para-hydroxylation sites is 1. The van der Waals surface area contributed by atoms with Crippen LogP contribution in [0.4, 0.5) is 5.69 Å². The van der Waals surface area contributed by atoms with Crippen LogP contribution >= 0.6 is 0 Å². The van der Waals surface area contributed by atoms with Crippen molar-refractivity contribution in [2.45, 2.75) is 38.3 Å². The number of hydrogen-bond donors (Lipinski definition) is 2. The normalized spacial score (nSPS) is 21.9. The van der Waals surface area contributed by atoms with Gasteiger partial charge in [-0.05, 0) is 42.0 Å². The lowest BCUT2D eigenvalue weighted by Gasteiger charge is -2.37. The van der Waals surface area contributed by atoms with E-state index in [1.165, 1.54) is 5.56 Å². The molecule has 2 heterocycles. The molecule has 2 unspecified atom stereocenters. The fourth-order valence-electron chi connectivity index (χ4n) is 5.72. The monoisotopic (exact) mass is 489 g/mol. The number of amides is 3. The number of benzene rings is 2. The van der Waals surface area contributed by atoms with Crippen molar-refractivity contribution in [3.05, 3.63) is 65.2 Å². The van der Waals surface area contributed by atoms with Crippen molar-refractivity contribution in [1.29, 1.82) is 0 Å². The molecule has 3 N–H and O–H groups in total. The molecule has 0 bridgehead atoms. The van der Waals surface area contributed by atoms with Crippen molar-refractivity contribution >= 4 is 23.4 Å². The molecular weight excluding hydrogens is 454 g/mol. The molecule has 36 heavy (non-hydrogen) atoms. The Morgan fingerprint density at radius 3 is 2.47 bits per heavy atom. The predicted octanol–water partition coefficient (Wildman–Crippen LogP) is 1.84. The lowest BCUT2D eigenvalue weighted by molar-refractivity contribution is -0.134. The number of nitrogens with one attached hydrogen (secondary N) is 1. The van der Waals surface area contributed by atoms with Gasteiger partial charge in [0.15, 0.2) is 0 Å². The predicted molar refractivity (Wildman–Crippen MR) is 138 cm³/mol. The largest absolute Gasteiger partial charge is 0.368 e. The Bertz CT molecular complexity index is 1130. The zero-order valence-electron chi connectivity index (χ0n) is 20.7. The van der Waals surface area contributed by atoms with Crippen molar-refractivity contribution < 1.29 is 14.4 Å². The Hall–Kier alpha value is -3.39. The van der Waals surface area contributed by atoms with Crippen LogP contribution in [0.15, 0.2) is 48.5 Å². The van der Waals surface area contributed by atoms with E-state index < -0.39 is 0 Å². The van der Waals surface area contributed by atoms with Crippen LogP contribution in [-0.4, -0.2) is 66.8 Å². The number of aryl methyl sites for hydroxylation is 1. The molecule has 0 aromatic heterocycles. The number of fused-ring (bicyclic) bond motifs is 1. The van der Waals surface area contributed by atoms with Gasteiger partial charge in [0.25, 0.3) is 0 Å². The maximum absolute atomic E-state index is 12.9. The molecule has 2 fully saturated rings. The van der Waals surface area contributed by atoms with Gasteiger partial charge in [-0.3, -0.25) is 14.4 Å². The molecule has 2 aromatic rings. The van der Waals surface area contributed by atoms with Crippen LogP contribution in [0.25, 0.3) is 0 Å². The number of anilines is 1. The summed E-state index contributed by atoms with van der Waals surface area (Å²) in [7, 11) is 0. The van der Waals surface area contributed by atoms with Gasteiger partial charge in [0, 0.05) is 57.4 Å². The Labute approximate surface area is 212 Å². The molecule has 190 valence electrons. The standard InChI is InChI=1S/C28H35N5O3/c29-27-22-8-3-1-6-20(22)11-12-23(27)28(36)30-18-26(35)32-16-14-31(15-17-32)24-9-4-2-7-21(24)19-33-13-5-10-25(33)34/h1-4,6-9,23,27H,5,10-19,29H2,(H,30,36). The first kappa shape index (κ1) is 24.3. The van der Waals surface area contributed by atoms with Crippen molar-refractivity contribution in [3.63, 3.8) is 0 Å². The second-order valence-corrected chi connectivity index (χ2v) is 10.0. The average molecular weight is 490 g/mol. The van der Waals surface area contributed by atoms with E-state index in [9.17, 15) is 14.4 Å². The number of nitrogens with zero attached hydrogens (tertiary/aromatic N) is 3. The van der Waals surface area contributed by atoms with Crippen molar-refractivity contribution in [1.82, 2.24) is 15.1 Å². The number of hydrogen-bond acceptors (Lipinski definition) is 5. The maximum Gasteiger partial charge on any atom is 0.242 e. The van der Waals surface area contributed by atoms with E-state index in [1.807, 2.05) is 40.1 Å². The quantitative estimate of drug-likeness (QED) is 0.645. The minimum atomic E-state index is -0.343. The summed E-state index contributed by atoms with van der Waals surface area (Å²) in [4.78, 5) is 43.8. The summed E-state index contributed by atoms with van der Waals surface area (Å²) in [5, 5.41) is 2.85. The third kappa shape index (κ3) is 5.09. The van der Waals surface area contributed by atoms with Crippen molar-refractivity contribution in [3.8, 4) is 0 Å². The van der Waals surface area contributed by atoms with Gasteiger partial charge in [-0.25, -0.2) is 0 Å². The lowest BCUT2D eigenvalue weighted by Crippen LogP contribution is -2.52. The molecule has 2 aromatic carbocycles. The van der Waals surface area contributed by atoms with Gasteiger partial charge in [-0.15, -0.1) is 0 Å². The molecule has 2 atom stereocenters. The Morgan fingerprint density at radius 2 is 1.69 bits per heavy atom.